The van der Waals surface area contributed by atoms with Gasteiger partial charge in [-0.15, -0.1) is 0 Å². The first-order valence-electron chi connectivity index (χ1n) is 9.69. The van der Waals surface area contributed by atoms with E-state index < -0.39 is 0 Å². The predicted molar refractivity (Wildman–Crippen MR) is 108 cm³/mol. The van der Waals surface area contributed by atoms with E-state index in [0.29, 0.717) is 24.0 Å². The summed E-state index contributed by atoms with van der Waals surface area (Å²) in [6, 6.07) is 8.62. The van der Waals surface area contributed by atoms with Crippen molar-refractivity contribution in [3.63, 3.8) is 0 Å². The van der Waals surface area contributed by atoms with E-state index in [9.17, 15) is 5.11 Å². The lowest BCUT2D eigenvalue weighted by molar-refractivity contribution is 0.0628. The molecule has 2 nitrogen and oxygen atoms in total. The van der Waals surface area contributed by atoms with E-state index in [2.05, 4.69) is 59.7 Å². The zero-order valence-corrected chi connectivity index (χ0v) is 17.2. The molecule has 0 spiro atoms. The average Bonchev–Trinajstić information content (AvgIpc) is 2.51. The fraction of sp³-hybridized carbons (Fsp3) is 0.500. The van der Waals surface area contributed by atoms with Crippen molar-refractivity contribution in [1.82, 2.24) is 0 Å². The molecule has 1 aliphatic rings. The third kappa shape index (κ3) is 3.60. The molecule has 2 heteroatoms. The summed E-state index contributed by atoms with van der Waals surface area (Å²) in [6.07, 6.45) is 1.73. The van der Waals surface area contributed by atoms with Crippen LogP contribution in [0.1, 0.15) is 73.4 Å². The Hall–Kier alpha value is -1.96. The molecule has 1 N–H and O–H groups in total. The van der Waals surface area contributed by atoms with Crippen molar-refractivity contribution in [3.8, 4) is 11.5 Å². The molecule has 0 aromatic heterocycles. The van der Waals surface area contributed by atoms with Crippen LogP contribution >= 0.6 is 0 Å². The fourth-order valence-electron chi connectivity index (χ4n) is 4.35. The first-order valence-corrected chi connectivity index (χ1v) is 9.69. The largest absolute Gasteiger partial charge is 0.507 e. The second kappa shape index (κ2) is 6.64. The van der Waals surface area contributed by atoms with Gasteiger partial charge in [0.25, 0.3) is 0 Å². The van der Waals surface area contributed by atoms with Gasteiger partial charge in [0.15, 0.2) is 0 Å². The second-order valence-electron chi connectivity index (χ2n) is 9.03. The third-order valence-corrected chi connectivity index (χ3v) is 5.54. The van der Waals surface area contributed by atoms with Crippen LogP contribution in [-0.2, 0) is 6.42 Å². The number of aryl methyl sites for hydroxylation is 3. The first-order chi connectivity index (χ1) is 12.1. The van der Waals surface area contributed by atoms with Crippen LogP contribution in [-0.4, -0.2) is 10.7 Å². The number of benzene rings is 2. The van der Waals surface area contributed by atoms with Crippen LogP contribution in [0.15, 0.2) is 24.3 Å². The minimum Gasteiger partial charge on any atom is -0.507 e. The fourth-order valence-corrected chi connectivity index (χ4v) is 4.35. The number of aromatic hydroxyl groups is 1. The van der Waals surface area contributed by atoms with E-state index in [1.807, 2.05) is 13.0 Å². The van der Waals surface area contributed by atoms with Crippen molar-refractivity contribution >= 4 is 0 Å². The van der Waals surface area contributed by atoms with Gasteiger partial charge < -0.3 is 9.84 Å². The molecule has 3 rings (SSSR count). The van der Waals surface area contributed by atoms with Crippen LogP contribution in [0.5, 0.6) is 11.5 Å². The van der Waals surface area contributed by atoms with Gasteiger partial charge in [0.05, 0.1) is 0 Å². The third-order valence-electron chi connectivity index (χ3n) is 5.54. The highest BCUT2D eigenvalue weighted by Crippen LogP contribution is 2.47. The second-order valence-corrected chi connectivity index (χ2v) is 9.03. The maximum Gasteiger partial charge on any atom is 0.127 e. The summed E-state index contributed by atoms with van der Waals surface area (Å²) in [4.78, 5) is 0. The highest BCUT2D eigenvalue weighted by molar-refractivity contribution is 5.53. The van der Waals surface area contributed by atoms with Crippen LogP contribution in [0.4, 0.5) is 0 Å². The number of phenols is 1. The highest BCUT2D eigenvalue weighted by Gasteiger charge is 2.36. The van der Waals surface area contributed by atoms with Gasteiger partial charge in [-0.05, 0) is 75.1 Å². The predicted octanol–water partition coefficient (Wildman–Crippen LogP) is 6.21. The molecule has 2 aromatic rings. The molecule has 140 valence electrons. The van der Waals surface area contributed by atoms with Gasteiger partial charge in [-0.3, -0.25) is 0 Å². The topological polar surface area (TPSA) is 29.5 Å². The Labute approximate surface area is 158 Å². The van der Waals surface area contributed by atoms with Crippen LogP contribution in [0.2, 0.25) is 0 Å². The van der Waals surface area contributed by atoms with E-state index in [4.69, 9.17) is 4.74 Å². The normalized spacial score (nSPS) is 18.5. The smallest absolute Gasteiger partial charge is 0.127 e. The van der Waals surface area contributed by atoms with Crippen LogP contribution in [0, 0.1) is 26.7 Å². The van der Waals surface area contributed by atoms with Gasteiger partial charge in [-0.25, -0.2) is 0 Å². The SMILES string of the molecule is Cc1cc(C)c(O)c(Cc2cc(C)cc3c2OC(C)(C)CC3C(C)C)c1. The van der Waals surface area contributed by atoms with Gasteiger partial charge in [0.1, 0.15) is 17.1 Å². The quantitative estimate of drug-likeness (QED) is 0.711. The summed E-state index contributed by atoms with van der Waals surface area (Å²) in [5.41, 5.74) is 6.69. The Morgan fingerprint density at radius 2 is 1.65 bits per heavy atom. The Morgan fingerprint density at radius 3 is 2.31 bits per heavy atom. The lowest BCUT2D eigenvalue weighted by Crippen LogP contribution is -2.36. The number of ether oxygens (including phenoxy) is 1. The van der Waals surface area contributed by atoms with E-state index >= 15 is 0 Å². The Bertz CT molecular complexity index is 831. The summed E-state index contributed by atoms with van der Waals surface area (Å²) in [5.74, 6) is 2.51. The minimum absolute atomic E-state index is 0.170. The van der Waals surface area contributed by atoms with Gasteiger partial charge in [0, 0.05) is 6.42 Å². The number of rotatable bonds is 3. The molecule has 26 heavy (non-hydrogen) atoms. The summed E-state index contributed by atoms with van der Waals surface area (Å²) in [5, 5.41) is 10.6. The molecule has 1 aliphatic heterocycles. The van der Waals surface area contributed by atoms with E-state index in [-0.39, 0.29) is 5.60 Å². The lowest BCUT2D eigenvalue weighted by Gasteiger charge is -2.40. The molecule has 0 aliphatic carbocycles. The van der Waals surface area contributed by atoms with Crippen molar-refractivity contribution in [3.05, 3.63) is 57.6 Å². The molecule has 1 heterocycles. The zero-order valence-electron chi connectivity index (χ0n) is 17.2. The van der Waals surface area contributed by atoms with Gasteiger partial charge in [-0.2, -0.15) is 0 Å². The first kappa shape index (κ1) is 18.8. The van der Waals surface area contributed by atoms with Crippen LogP contribution in [0.25, 0.3) is 0 Å². The summed E-state index contributed by atoms with van der Waals surface area (Å²) in [6.45, 7) is 15.2. The van der Waals surface area contributed by atoms with Crippen LogP contribution < -0.4 is 4.74 Å². The van der Waals surface area contributed by atoms with Crippen molar-refractivity contribution in [2.75, 3.05) is 0 Å². The molecule has 0 saturated carbocycles. The molecule has 0 radical (unpaired) electrons. The maximum atomic E-state index is 10.6. The van der Waals surface area contributed by atoms with Crippen molar-refractivity contribution < 1.29 is 9.84 Å². The molecular formula is C24H32O2. The number of hydrogen-bond acceptors (Lipinski definition) is 2. The van der Waals surface area contributed by atoms with E-state index in [0.717, 1.165) is 23.3 Å². The Balaban J connectivity index is 2.13. The molecule has 1 atom stereocenters. The Kier molecular flexibility index (Phi) is 4.81. The summed E-state index contributed by atoms with van der Waals surface area (Å²) >= 11 is 0. The zero-order chi connectivity index (χ0) is 19.2. The molecule has 2 aromatic carbocycles. The molecular weight excluding hydrogens is 320 g/mol. The number of phenolic OH excluding ortho intramolecular Hbond substituents is 1. The Morgan fingerprint density at radius 1 is 1.04 bits per heavy atom. The van der Waals surface area contributed by atoms with Crippen molar-refractivity contribution in [2.45, 2.75) is 72.8 Å². The van der Waals surface area contributed by atoms with Gasteiger partial charge >= 0.3 is 0 Å². The maximum absolute atomic E-state index is 10.6. The molecule has 0 fully saturated rings. The van der Waals surface area contributed by atoms with E-state index in [1.165, 1.54) is 22.3 Å². The number of hydrogen-bond donors (Lipinski definition) is 1. The molecule has 0 amide bonds. The van der Waals surface area contributed by atoms with Crippen molar-refractivity contribution in [1.29, 1.82) is 0 Å². The monoisotopic (exact) mass is 352 g/mol. The van der Waals surface area contributed by atoms with E-state index in [1.54, 1.807) is 0 Å². The summed E-state index contributed by atoms with van der Waals surface area (Å²) < 4.78 is 6.48. The number of fused-ring (bicyclic) bond motifs is 1. The average molecular weight is 353 g/mol. The lowest BCUT2D eigenvalue weighted by atomic mass is 9.76. The van der Waals surface area contributed by atoms with Gasteiger partial charge in [0.2, 0.25) is 0 Å². The standard InChI is InChI=1S/C24H32O2/c1-14(2)21-13-24(6,7)26-23-19(10-16(4)11-20(21)23)12-18-9-15(3)8-17(5)22(18)25/h8-11,14,21,25H,12-13H2,1-7H3. The van der Waals surface area contributed by atoms with Crippen LogP contribution in [0.3, 0.4) is 0 Å². The molecule has 0 bridgehead atoms. The molecule has 0 saturated heterocycles. The van der Waals surface area contributed by atoms with Gasteiger partial charge in [-0.1, -0.05) is 49.2 Å². The summed E-state index contributed by atoms with van der Waals surface area (Å²) in [7, 11) is 0. The minimum atomic E-state index is -0.170. The highest BCUT2D eigenvalue weighted by atomic mass is 16.5. The van der Waals surface area contributed by atoms with Crippen molar-refractivity contribution in [2.24, 2.45) is 5.92 Å². The molecule has 1 unspecified atom stereocenters.